The lowest BCUT2D eigenvalue weighted by Gasteiger charge is -2.32. The van der Waals surface area contributed by atoms with Crippen molar-refractivity contribution in [3.63, 3.8) is 0 Å². The molecule has 0 amide bonds. The molecule has 0 spiro atoms. The first-order valence-electron chi connectivity index (χ1n) is 8.83. The third-order valence-electron chi connectivity index (χ3n) is 4.41. The Morgan fingerprint density at radius 3 is 2.78 bits per heavy atom. The quantitative estimate of drug-likeness (QED) is 0.590. The summed E-state index contributed by atoms with van der Waals surface area (Å²) in [6, 6.07) is 17.9. The average molecular weight is 402 g/mol. The van der Waals surface area contributed by atoms with E-state index in [9.17, 15) is 0 Å². The van der Waals surface area contributed by atoms with Gasteiger partial charge in [0.1, 0.15) is 0 Å². The van der Waals surface area contributed by atoms with Crippen LogP contribution in [0.5, 0.6) is 0 Å². The van der Waals surface area contributed by atoms with Gasteiger partial charge in [-0.2, -0.15) is 4.68 Å². The number of aromatic nitrogens is 4. The minimum atomic E-state index is 0.132. The first-order valence-corrected chi connectivity index (χ1v) is 10.2. The van der Waals surface area contributed by atoms with Gasteiger partial charge in [-0.1, -0.05) is 59.8 Å². The molecule has 0 radical (unpaired) electrons. The molecule has 6 nitrogen and oxygen atoms in total. The van der Waals surface area contributed by atoms with Crippen LogP contribution < -0.4 is 0 Å². The summed E-state index contributed by atoms with van der Waals surface area (Å²) in [6.07, 6.45) is 0.132. The van der Waals surface area contributed by atoms with Crippen molar-refractivity contribution in [3.8, 4) is 5.69 Å². The van der Waals surface area contributed by atoms with E-state index in [2.05, 4.69) is 26.5 Å². The zero-order valence-electron chi connectivity index (χ0n) is 14.7. The number of nitrogens with zero attached hydrogens (tertiary/aromatic N) is 5. The minimum absolute atomic E-state index is 0.132. The maximum atomic E-state index is 6.30. The van der Waals surface area contributed by atoms with E-state index in [4.69, 9.17) is 16.3 Å². The molecule has 0 saturated carbocycles. The molecule has 0 bridgehead atoms. The number of hydrogen-bond acceptors (Lipinski definition) is 6. The van der Waals surface area contributed by atoms with Crippen LogP contribution in [0.15, 0.2) is 59.8 Å². The summed E-state index contributed by atoms with van der Waals surface area (Å²) in [5.41, 5.74) is 2.11. The molecule has 1 atom stereocenters. The second-order valence-electron chi connectivity index (χ2n) is 6.34. The lowest BCUT2D eigenvalue weighted by molar-refractivity contribution is -0.0187. The lowest BCUT2D eigenvalue weighted by Crippen LogP contribution is -2.43. The molecule has 0 aliphatic carbocycles. The number of thioether (sulfide) groups is 1. The van der Waals surface area contributed by atoms with E-state index >= 15 is 0 Å². The summed E-state index contributed by atoms with van der Waals surface area (Å²) in [6.45, 7) is 3.34. The SMILES string of the molecule is Clc1ccccc1CN1CCO[C@H](CSc2nnnn2-c2ccccc2)C1. The highest BCUT2D eigenvalue weighted by atomic mass is 35.5. The Morgan fingerprint density at radius 2 is 1.93 bits per heavy atom. The van der Waals surface area contributed by atoms with Crippen LogP contribution in [0.3, 0.4) is 0 Å². The van der Waals surface area contributed by atoms with Gasteiger partial charge >= 0.3 is 0 Å². The van der Waals surface area contributed by atoms with Crippen LogP contribution in [0.2, 0.25) is 5.02 Å². The van der Waals surface area contributed by atoms with Crippen LogP contribution in [-0.4, -0.2) is 56.7 Å². The molecule has 4 rings (SSSR count). The van der Waals surface area contributed by atoms with E-state index < -0.39 is 0 Å². The molecule has 8 heteroatoms. The molecule has 0 N–H and O–H groups in total. The van der Waals surface area contributed by atoms with Crippen molar-refractivity contribution in [2.24, 2.45) is 0 Å². The molecule has 2 heterocycles. The number of rotatable bonds is 6. The Balaban J connectivity index is 1.35. The van der Waals surface area contributed by atoms with Gasteiger partial charge in [0, 0.05) is 30.4 Å². The normalized spacial score (nSPS) is 17.9. The van der Waals surface area contributed by atoms with Gasteiger partial charge in [-0.3, -0.25) is 4.90 Å². The molecule has 1 saturated heterocycles. The van der Waals surface area contributed by atoms with Crippen LogP contribution in [0.1, 0.15) is 5.56 Å². The van der Waals surface area contributed by atoms with Gasteiger partial charge in [0.25, 0.3) is 0 Å². The molecule has 140 valence electrons. The molecule has 2 aromatic carbocycles. The number of tetrazole rings is 1. The highest BCUT2D eigenvalue weighted by Crippen LogP contribution is 2.23. The smallest absolute Gasteiger partial charge is 0.214 e. The Hall–Kier alpha value is -1.93. The number of hydrogen-bond donors (Lipinski definition) is 0. The fourth-order valence-corrected chi connectivity index (χ4v) is 4.15. The Bertz CT molecular complexity index is 875. The predicted octanol–water partition coefficient (Wildman–Crippen LogP) is 3.31. The molecule has 1 fully saturated rings. The Kier molecular flexibility index (Phi) is 6.03. The van der Waals surface area contributed by atoms with E-state index in [0.29, 0.717) is 0 Å². The van der Waals surface area contributed by atoms with E-state index in [1.54, 1.807) is 16.4 Å². The summed E-state index contributed by atoms with van der Waals surface area (Å²) in [5, 5.41) is 13.7. The monoisotopic (exact) mass is 401 g/mol. The van der Waals surface area contributed by atoms with Crippen molar-refractivity contribution >= 4 is 23.4 Å². The zero-order chi connectivity index (χ0) is 18.5. The van der Waals surface area contributed by atoms with Crippen LogP contribution in [-0.2, 0) is 11.3 Å². The van der Waals surface area contributed by atoms with Crippen LogP contribution in [0.4, 0.5) is 0 Å². The third-order valence-corrected chi connectivity index (χ3v) is 5.83. The van der Waals surface area contributed by atoms with Crippen LogP contribution in [0, 0.1) is 0 Å². The van der Waals surface area contributed by atoms with Gasteiger partial charge in [-0.15, -0.1) is 5.10 Å². The number of benzene rings is 2. The number of morpholine rings is 1. The molecule has 1 aliphatic rings. The van der Waals surface area contributed by atoms with Crippen molar-refractivity contribution in [2.45, 2.75) is 17.8 Å². The van der Waals surface area contributed by atoms with E-state index in [1.165, 1.54) is 0 Å². The molecule has 3 aromatic rings. The lowest BCUT2D eigenvalue weighted by atomic mass is 10.2. The van der Waals surface area contributed by atoms with Crippen LogP contribution in [0.25, 0.3) is 5.69 Å². The van der Waals surface area contributed by atoms with Gasteiger partial charge in [-0.25, -0.2) is 0 Å². The minimum Gasteiger partial charge on any atom is -0.375 e. The van der Waals surface area contributed by atoms with E-state index in [0.717, 1.165) is 53.4 Å². The van der Waals surface area contributed by atoms with Crippen molar-refractivity contribution in [3.05, 3.63) is 65.2 Å². The van der Waals surface area contributed by atoms with Crippen molar-refractivity contribution < 1.29 is 4.74 Å². The highest BCUT2D eigenvalue weighted by molar-refractivity contribution is 7.99. The average Bonchev–Trinajstić information content (AvgIpc) is 3.18. The van der Waals surface area contributed by atoms with Crippen molar-refractivity contribution in [1.29, 1.82) is 0 Å². The second kappa shape index (κ2) is 8.84. The van der Waals surface area contributed by atoms with Crippen LogP contribution >= 0.6 is 23.4 Å². The summed E-state index contributed by atoms with van der Waals surface area (Å²) in [7, 11) is 0. The number of ether oxygens (including phenoxy) is 1. The largest absolute Gasteiger partial charge is 0.375 e. The first-order chi connectivity index (χ1) is 13.3. The number of para-hydroxylation sites is 1. The summed E-state index contributed by atoms with van der Waals surface area (Å²) in [5.74, 6) is 0.798. The fraction of sp³-hybridized carbons (Fsp3) is 0.316. The third kappa shape index (κ3) is 4.68. The Morgan fingerprint density at radius 1 is 1.11 bits per heavy atom. The molecule has 0 unspecified atom stereocenters. The first kappa shape index (κ1) is 18.4. The summed E-state index contributed by atoms with van der Waals surface area (Å²) < 4.78 is 7.71. The maximum absolute atomic E-state index is 6.30. The fourth-order valence-electron chi connectivity index (χ4n) is 3.06. The number of halogens is 1. The van der Waals surface area contributed by atoms with Gasteiger partial charge in [0.05, 0.1) is 18.4 Å². The second-order valence-corrected chi connectivity index (χ2v) is 7.73. The van der Waals surface area contributed by atoms with E-state index in [1.807, 2.05) is 48.5 Å². The molecular weight excluding hydrogens is 382 g/mol. The van der Waals surface area contributed by atoms with E-state index in [-0.39, 0.29) is 6.10 Å². The predicted molar refractivity (Wildman–Crippen MR) is 106 cm³/mol. The van der Waals surface area contributed by atoms with Crippen molar-refractivity contribution in [2.75, 3.05) is 25.4 Å². The van der Waals surface area contributed by atoms with Gasteiger partial charge in [0.2, 0.25) is 5.16 Å². The summed E-state index contributed by atoms with van der Waals surface area (Å²) in [4.78, 5) is 2.39. The standard InChI is InChI=1S/C19H20ClN5OS/c20-18-9-5-4-6-15(18)12-24-10-11-26-17(13-24)14-27-19-21-22-23-25(19)16-7-2-1-3-8-16/h1-9,17H,10-14H2/t17-/m0/s1. The van der Waals surface area contributed by atoms with Gasteiger partial charge in [0.15, 0.2) is 0 Å². The topological polar surface area (TPSA) is 56.1 Å². The molecule has 1 aromatic heterocycles. The summed E-state index contributed by atoms with van der Waals surface area (Å²) >= 11 is 7.91. The molecular formula is C19H20ClN5OS. The van der Waals surface area contributed by atoms with Crippen molar-refractivity contribution in [1.82, 2.24) is 25.1 Å². The van der Waals surface area contributed by atoms with Gasteiger partial charge in [-0.05, 0) is 34.2 Å². The highest BCUT2D eigenvalue weighted by Gasteiger charge is 2.22. The van der Waals surface area contributed by atoms with Gasteiger partial charge < -0.3 is 4.74 Å². The molecule has 1 aliphatic heterocycles. The maximum Gasteiger partial charge on any atom is 0.214 e. The Labute approximate surface area is 167 Å². The molecule has 27 heavy (non-hydrogen) atoms. The zero-order valence-corrected chi connectivity index (χ0v) is 16.3.